The van der Waals surface area contributed by atoms with Crippen LogP contribution in [-0.4, -0.2) is 6.79 Å². The van der Waals surface area contributed by atoms with Crippen LogP contribution in [0, 0.1) is 11.8 Å². The lowest BCUT2D eigenvalue weighted by molar-refractivity contribution is 0.175. The van der Waals surface area contributed by atoms with Crippen molar-refractivity contribution in [3.63, 3.8) is 0 Å². The monoisotopic (exact) mass is 231 g/mol. The van der Waals surface area contributed by atoms with Crippen LogP contribution in [0.4, 0.5) is 17.1 Å². The first-order chi connectivity index (χ1) is 8.02. The molecule has 0 atom stereocenters. The van der Waals surface area contributed by atoms with Gasteiger partial charge in [-0.2, -0.15) is 0 Å². The van der Waals surface area contributed by atoms with Crippen molar-refractivity contribution in [3.8, 4) is 23.3 Å². The van der Waals surface area contributed by atoms with Crippen LogP contribution in [-0.2, 0) is 0 Å². The Morgan fingerprint density at radius 2 is 1.71 bits per heavy atom. The van der Waals surface area contributed by atoms with Crippen LogP contribution in [0.3, 0.4) is 0 Å². The fourth-order valence-corrected chi connectivity index (χ4v) is 1.50. The fraction of sp³-hybridized carbons (Fsp3) is 0.167. The molecule has 0 amide bonds. The molecule has 0 unspecified atom stereocenters. The van der Waals surface area contributed by atoms with E-state index in [4.69, 9.17) is 26.7 Å². The van der Waals surface area contributed by atoms with Crippen molar-refractivity contribution in [2.45, 2.75) is 6.92 Å². The second-order valence-electron chi connectivity index (χ2n) is 3.71. The molecule has 17 heavy (non-hydrogen) atoms. The predicted octanol–water partition coefficient (Wildman–Crippen LogP) is 1.09. The van der Waals surface area contributed by atoms with Crippen LogP contribution >= 0.6 is 0 Å². The number of fused-ring (bicyclic) bond motifs is 1. The summed E-state index contributed by atoms with van der Waals surface area (Å²) in [4.78, 5) is 0. The minimum atomic E-state index is 0.0839. The maximum absolute atomic E-state index is 5.92. The molecule has 1 heterocycles. The van der Waals surface area contributed by atoms with E-state index in [0.29, 0.717) is 39.7 Å². The minimum absolute atomic E-state index is 0.0839. The second kappa shape index (κ2) is 3.83. The number of anilines is 3. The number of hydrogen-bond acceptors (Lipinski definition) is 5. The third-order valence-electron chi connectivity index (χ3n) is 2.33. The van der Waals surface area contributed by atoms with Gasteiger partial charge in [-0.15, -0.1) is 0 Å². The molecule has 1 aromatic rings. The zero-order valence-corrected chi connectivity index (χ0v) is 9.46. The van der Waals surface area contributed by atoms with Crippen molar-refractivity contribution in [1.29, 1.82) is 0 Å². The Morgan fingerprint density at radius 1 is 1.12 bits per heavy atom. The van der Waals surface area contributed by atoms with Gasteiger partial charge in [-0.1, -0.05) is 18.4 Å². The molecule has 6 N–H and O–H groups in total. The van der Waals surface area contributed by atoms with Gasteiger partial charge < -0.3 is 26.7 Å². The van der Waals surface area contributed by atoms with Gasteiger partial charge in [0.15, 0.2) is 11.5 Å². The zero-order valence-electron chi connectivity index (χ0n) is 9.46. The molecule has 0 radical (unpaired) electrons. The number of hydrogen-bond donors (Lipinski definition) is 3. The van der Waals surface area contributed by atoms with Gasteiger partial charge in [-0.3, -0.25) is 0 Å². The molecule has 1 aliphatic rings. The summed E-state index contributed by atoms with van der Waals surface area (Å²) in [5.41, 5.74) is 19.7. The number of nitrogen functional groups attached to an aromatic ring is 3. The van der Waals surface area contributed by atoms with Gasteiger partial charge in [0, 0.05) is 0 Å². The van der Waals surface area contributed by atoms with E-state index in [1.54, 1.807) is 6.92 Å². The highest BCUT2D eigenvalue weighted by Crippen LogP contribution is 2.47. The van der Waals surface area contributed by atoms with Gasteiger partial charge in [-0.25, -0.2) is 0 Å². The Bertz CT molecular complexity index is 568. The lowest BCUT2D eigenvalue weighted by Crippen LogP contribution is -2.03. The molecule has 0 saturated heterocycles. The normalized spacial score (nSPS) is 11.8. The number of nitrogens with two attached hydrogens (primary N) is 3. The molecule has 0 aromatic heterocycles. The Labute approximate surface area is 99.2 Å². The van der Waals surface area contributed by atoms with E-state index in [2.05, 4.69) is 18.4 Å². The van der Waals surface area contributed by atoms with E-state index in [-0.39, 0.29) is 6.79 Å². The first-order valence-corrected chi connectivity index (χ1v) is 4.96. The van der Waals surface area contributed by atoms with E-state index >= 15 is 0 Å². The summed E-state index contributed by atoms with van der Waals surface area (Å²) < 4.78 is 10.4. The van der Waals surface area contributed by atoms with Crippen molar-refractivity contribution < 1.29 is 9.47 Å². The van der Waals surface area contributed by atoms with Crippen molar-refractivity contribution in [2.24, 2.45) is 0 Å². The topological polar surface area (TPSA) is 96.5 Å². The molecular formula is C12H13N3O2. The Kier molecular flexibility index (Phi) is 2.48. The molecule has 0 spiro atoms. The van der Waals surface area contributed by atoms with Gasteiger partial charge in [0.25, 0.3) is 0 Å². The van der Waals surface area contributed by atoms with Gasteiger partial charge in [-0.05, 0) is 12.5 Å². The summed E-state index contributed by atoms with van der Waals surface area (Å²) in [5, 5.41) is 0. The van der Waals surface area contributed by atoms with Crippen LogP contribution in [0.2, 0.25) is 0 Å². The number of benzene rings is 1. The second-order valence-corrected chi connectivity index (χ2v) is 3.71. The number of rotatable bonds is 0. The quantitative estimate of drug-likeness (QED) is 0.458. The first-order valence-electron chi connectivity index (χ1n) is 4.96. The molecule has 2 rings (SSSR count). The molecule has 0 saturated carbocycles. The van der Waals surface area contributed by atoms with Crippen molar-refractivity contribution in [2.75, 3.05) is 24.0 Å². The summed E-state index contributed by atoms with van der Waals surface area (Å²) in [6.07, 6.45) is 0. The Hall–Kier alpha value is -2.48. The van der Waals surface area contributed by atoms with Crippen LogP contribution < -0.4 is 26.7 Å². The average molecular weight is 231 g/mol. The van der Waals surface area contributed by atoms with E-state index in [9.17, 15) is 0 Å². The van der Waals surface area contributed by atoms with E-state index in [1.807, 2.05) is 0 Å². The van der Waals surface area contributed by atoms with Crippen LogP contribution in [0.25, 0.3) is 0 Å². The third-order valence-corrected chi connectivity index (χ3v) is 2.33. The SMILES string of the molecule is C=C(C)C#Cc1c(N)c(N)c2c(c1N)OCO2. The maximum Gasteiger partial charge on any atom is 0.231 e. The summed E-state index contributed by atoms with van der Waals surface area (Å²) in [6.45, 7) is 5.55. The summed E-state index contributed by atoms with van der Waals surface area (Å²) in [7, 11) is 0. The molecule has 88 valence electrons. The van der Waals surface area contributed by atoms with Crippen molar-refractivity contribution in [3.05, 3.63) is 17.7 Å². The average Bonchev–Trinajstić information content (AvgIpc) is 2.75. The molecular weight excluding hydrogens is 218 g/mol. The van der Waals surface area contributed by atoms with Gasteiger partial charge in [0.05, 0.1) is 16.9 Å². The zero-order chi connectivity index (χ0) is 12.6. The predicted molar refractivity (Wildman–Crippen MR) is 67.5 cm³/mol. The summed E-state index contributed by atoms with van der Waals surface area (Å²) in [6, 6.07) is 0. The van der Waals surface area contributed by atoms with Crippen LogP contribution in [0.15, 0.2) is 12.2 Å². The van der Waals surface area contributed by atoms with Crippen LogP contribution in [0.5, 0.6) is 11.5 Å². The first kappa shape index (κ1) is 11.0. The molecule has 0 fully saturated rings. The highest BCUT2D eigenvalue weighted by atomic mass is 16.7. The molecule has 0 aliphatic carbocycles. The van der Waals surface area contributed by atoms with Crippen LogP contribution in [0.1, 0.15) is 12.5 Å². The van der Waals surface area contributed by atoms with E-state index in [0.717, 1.165) is 0 Å². The standard InChI is InChI=1S/C12H13N3O2/c1-6(2)3-4-7-8(13)10(15)12-11(9(7)14)16-5-17-12/h1,5,13-15H2,2H3. The van der Waals surface area contributed by atoms with Gasteiger partial charge in [0.1, 0.15) is 5.69 Å². The largest absolute Gasteiger partial charge is 0.451 e. The highest BCUT2D eigenvalue weighted by Gasteiger charge is 2.25. The third kappa shape index (κ3) is 1.70. The number of ether oxygens (including phenoxy) is 2. The lowest BCUT2D eigenvalue weighted by atomic mass is 10.1. The van der Waals surface area contributed by atoms with E-state index in [1.165, 1.54) is 0 Å². The Balaban J connectivity index is 2.66. The van der Waals surface area contributed by atoms with Crippen molar-refractivity contribution in [1.82, 2.24) is 0 Å². The molecule has 0 bridgehead atoms. The van der Waals surface area contributed by atoms with E-state index < -0.39 is 0 Å². The van der Waals surface area contributed by atoms with Gasteiger partial charge >= 0.3 is 0 Å². The summed E-state index contributed by atoms with van der Waals surface area (Å²) in [5.74, 6) is 6.44. The molecule has 1 aliphatic heterocycles. The van der Waals surface area contributed by atoms with Crippen molar-refractivity contribution >= 4 is 17.1 Å². The van der Waals surface area contributed by atoms with Gasteiger partial charge in [0.2, 0.25) is 6.79 Å². The lowest BCUT2D eigenvalue weighted by Gasteiger charge is -2.10. The molecule has 5 nitrogen and oxygen atoms in total. The molecule has 1 aromatic carbocycles. The fourth-order valence-electron chi connectivity index (χ4n) is 1.50. The smallest absolute Gasteiger partial charge is 0.231 e. The Morgan fingerprint density at radius 3 is 2.29 bits per heavy atom. The summed E-state index contributed by atoms with van der Waals surface area (Å²) >= 11 is 0. The molecule has 5 heteroatoms. The highest BCUT2D eigenvalue weighted by molar-refractivity contribution is 5.90. The minimum Gasteiger partial charge on any atom is -0.451 e. The number of allylic oxidation sites excluding steroid dienone is 1. The maximum atomic E-state index is 5.92.